The number of amides is 1. The molecule has 1 saturated carbocycles. The van der Waals surface area contributed by atoms with E-state index in [1.165, 1.54) is 6.42 Å². The fourth-order valence-corrected chi connectivity index (χ4v) is 4.55. The van der Waals surface area contributed by atoms with E-state index in [0.29, 0.717) is 33.8 Å². The number of fused-ring (bicyclic) bond motifs is 1. The summed E-state index contributed by atoms with van der Waals surface area (Å²) in [6, 6.07) is 2.22. The zero-order valence-corrected chi connectivity index (χ0v) is 18.2. The summed E-state index contributed by atoms with van der Waals surface area (Å²) < 4.78 is 37.4. The summed E-state index contributed by atoms with van der Waals surface area (Å²) in [5.41, 5.74) is 7.74. The smallest absolute Gasteiger partial charge is 0.391 e. The van der Waals surface area contributed by atoms with Crippen LogP contribution in [0.3, 0.4) is 0 Å². The molecule has 1 aliphatic heterocycles. The maximum atomic E-state index is 11.9. The van der Waals surface area contributed by atoms with E-state index < -0.39 is 18.2 Å². The number of piperidine rings is 1. The van der Waals surface area contributed by atoms with Gasteiger partial charge in [0.1, 0.15) is 11.6 Å². The highest BCUT2D eigenvalue weighted by molar-refractivity contribution is 6.35. The molecular weight excluding hydrogens is 449 g/mol. The lowest BCUT2D eigenvalue weighted by atomic mass is 9.64. The molecule has 2 aliphatic rings. The SMILES string of the molecule is CCC1(c2c(C#N)c(Cl)c3cnc(N)nn23)CCC1.O=C(N1CCCC(O)C1)C(F)(F)F. The van der Waals surface area contributed by atoms with Crippen molar-refractivity contribution < 1.29 is 23.1 Å². The maximum absolute atomic E-state index is 11.9. The minimum absolute atomic E-state index is 0.00190. The first kappa shape index (κ1) is 24.1. The van der Waals surface area contributed by atoms with Crippen LogP contribution in [0.25, 0.3) is 5.52 Å². The van der Waals surface area contributed by atoms with E-state index in [4.69, 9.17) is 22.4 Å². The van der Waals surface area contributed by atoms with Crippen molar-refractivity contribution in [2.45, 2.75) is 63.1 Å². The summed E-state index contributed by atoms with van der Waals surface area (Å²) in [5, 5.41) is 23.1. The lowest BCUT2D eigenvalue weighted by Crippen LogP contribution is -2.47. The standard InChI is InChI=1S/C13H14ClN5.C7H10F3NO2/c1-2-13(4-3-5-13)11-8(6-15)10(14)9-7-17-12(16)18-19(9)11;8-7(9,10)6(13)11-3-1-2-5(12)4-11/h7H,2-5H2,1H3,(H2,16,18);5,12H,1-4H2. The van der Waals surface area contributed by atoms with Crippen molar-refractivity contribution in [2.75, 3.05) is 18.8 Å². The number of anilines is 1. The van der Waals surface area contributed by atoms with Gasteiger partial charge < -0.3 is 15.7 Å². The molecule has 2 aromatic heterocycles. The molecule has 12 heteroatoms. The third-order valence-corrected chi connectivity index (χ3v) is 6.55. The average molecular weight is 473 g/mol. The molecule has 0 aromatic carbocycles. The van der Waals surface area contributed by atoms with E-state index >= 15 is 0 Å². The molecule has 2 aromatic rings. The summed E-state index contributed by atoms with van der Waals surface area (Å²) in [4.78, 5) is 15.3. The summed E-state index contributed by atoms with van der Waals surface area (Å²) in [6.45, 7) is 2.01. The molecule has 0 spiro atoms. The second kappa shape index (κ2) is 9.11. The topological polar surface area (TPSA) is 121 Å². The van der Waals surface area contributed by atoms with Gasteiger partial charge in [0.05, 0.1) is 28.6 Å². The molecule has 0 bridgehead atoms. The van der Waals surface area contributed by atoms with Gasteiger partial charge in [-0.15, -0.1) is 5.10 Å². The Kier molecular flexibility index (Phi) is 6.86. The number of alkyl halides is 3. The molecule has 3 heterocycles. The Balaban J connectivity index is 0.000000195. The number of nitrogens with zero attached hydrogens (tertiary/aromatic N) is 5. The summed E-state index contributed by atoms with van der Waals surface area (Å²) in [7, 11) is 0. The fraction of sp³-hybridized carbons (Fsp3) is 0.600. The lowest BCUT2D eigenvalue weighted by Gasteiger charge is -2.41. The molecule has 174 valence electrons. The molecular formula is C20H24ClF3N6O2. The molecule has 1 amide bonds. The number of aliphatic hydroxyl groups excluding tert-OH is 1. The summed E-state index contributed by atoms with van der Waals surface area (Å²) in [6.07, 6.45) is 1.08. The Morgan fingerprint density at radius 2 is 2.12 bits per heavy atom. The molecule has 2 fully saturated rings. The normalized spacial score (nSPS) is 20.2. The van der Waals surface area contributed by atoms with Crippen molar-refractivity contribution in [1.82, 2.24) is 19.5 Å². The highest BCUT2D eigenvalue weighted by Gasteiger charge is 2.44. The van der Waals surface area contributed by atoms with Crippen LogP contribution in [0.4, 0.5) is 19.1 Å². The number of carbonyl (C=O) groups excluding carboxylic acids is 1. The number of nitrogens with two attached hydrogens (primary N) is 1. The van der Waals surface area contributed by atoms with Crippen LogP contribution in [0.5, 0.6) is 0 Å². The van der Waals surface area contributed by atoms with Gasteiger partial charge in [-0.1, -0.05) is 24.9 Å². The molecule has 4 rings (SSSR count). The minimum Gasteiger partial charge on any atom is -0.391 e. The lowest BCUT2D eigenvalue weighted by molar-refractivity contribution is -0.188. The van der Waals surface area contributed by atoms with Crippen LogP contribution in [0.1, 0.15) is 56.7 Å². The van der Waals surface area contributed by atoms with E-state index in [1.54, 1.807) is 10.7 Å². The zero-order chi connectivity index (χ0) is 23.7. The first-order valence-electron chi connectivity index (χ1n) is 10.3. The third-order valence-electron chi connectivity index (χ3n) is 6.17. The number of hydrogen-bond acceptors (Lipinski definition) is 6. The van der Waals surface area contributed by atoms with Crippen molar-refractivity contribution in [3.63, 3.8) is 0 Å². The van der Waals surface area contributed by atoms with Crippen LogP contribution in [-0.4, -0.2) is 55.9 Å². The van der Waals surface area contributed by atoms with Gasteiger partial charge in [0.15, 0.2) is 0 Å². The summed E-state index contributed by atoms with van der Waals surface area (Å²) in [5.74, 6) is -1.67. The van der Waals surface area contributed by atoms with Gasteiger partial charge in [-0.05, 0) is 32.1 Å². The van der Waals surface area contributed by atoms with E-state index in [0.717, 1.165) is 25.0 Å². The van der Waals surface area contributed by atoms with Gasteiger partial charge in [-0.2, -0.15) is 18.4 Å². The number of β-amino-alcohol motifs (C(OH)–C–C–N with tert-alkyl or cyclic N) is 1. The van der Waals surface area contributed by atoms with Gasteiger partial charge >= 0.3 is 12.1 Å². The maximum Gasteiger partial charge on any atom is 0.471 e. The highest BCUT2D eigenvalue weighted by Crippen LogP contribution is 2.49. The van der Waals surface area contributed by atoms with Crippen molar-refractivity contribution in [1.29, 1.82) is 5.26 Å². The van der Waals surface area contributed by atoms with E-state index in [-0.39, 0.29) is 24.5 Å². The van der Waals surface area contributed by atoms with E-state index in [1.807, 2.05) is 0 Å². The van der Waals surface area contributed by atoms with Crippen LogP contribution in [-0.2, 0) is 10.2 Å². The van der Waals surface area contributed by atoms with Crippen LogP contribution in [0, 0.1) is 11.3 Å². The molecule has 1 aliphatic carbocycles. The van der Waals surface area contributed by atoms with Gasteiger partial charge in [0, 0.05) is 18.5 Å². The fourth-order valence-electron chi connectivity index (χ4n) is 4.29. The molecule has 1 saturated heterocycles. The molecule has 0 radical (unpaired) electrons. The number of carbonyl (C=O) groups is 1. The van der Waals surface area contributed by atoms with Crippen LogP contribution in [0.15, 0.2) is 6.20 Å². The number of hydrogen-bond donors (Lipinski definition) is 2. The number of halogens is 4. The second-order valence-corrected chi connectivity index (χ2v) is 8.47. The Bertz CT molecular complexity index is 1040. The number of aromatic nitrogens is 3. The zero-order valence-electron chi connectivity index (χ0n) is 17.5. The van der Waals surface area contributed by atoms with Crippen LogP contribution < -0.4 is 5.73 Å². The number of likely N-dealkylation sites (tertiary alicyclic amines) is 1. The molecule has 8 nitrogen and oxygen atoms in total. The summed E-state index contributed by atoms with van der Waals surface area (Å²) >= 11 is 6.29. The van der Waals surface area contributed by atoms with Crippen molar-refractivity contribution >= 4 is 29.0 Å². The predicted molar refractivity (Wildman–Crippen MR) is 111 cm³/mol. The number of nitrogen functional groups attached to an aromatic ring is 1. The van der Waals surface area contributed by atoms with Crippen LogP contribution in [0.2, 0.25) is 5.02 Å². The quantitative estimate of drug-likeness (QED) is 0.692. The minimum atomic E-state index is -4.82. The Labute approximate surface area is 187 Å². The predicted octanol–water partition coefficient (Wildman–Crippen LogP) is 3.20. The Morgan fingerprint density at radius 3 is 2.62 bits per heavy atom. The van der Waals surface area contributed by atoms with Crippen molar-refractivity contribution in [3.05, 3.63) is 22.5 Å². The molecule has 32 heavy (non-hydrogen) atoms. The average Bonchev–Trinajstić information content (AvgIpc) is 2.98. The highest BCUT2D eigenvalue weighted by atomic mass is 35.5. The van der Waals surface area contributed by atoms with Gasteiger partial charge in [-0.3, -0.25) is 4.79 Å². The van der Waals surface area contributed by atoms with E-state index in [9.17, 15) is 23.2 Å². The van der Waals surface area contributed by atoms with Gasteiger partial charge in [-0.25, -0.2) is 9.50 Å². The van der Waals surface area contributed by atoms with E-state index in [2.05, 4.69) is 23.1 Å². The number of nitriles is 1. The Morgan fingerprint density at radius 1 is 1.44 bits per heavy atom. The molecule has 1 atom stereocenters. The van der Waals surface area contributed by atoms with Crippen molar-refractivity contribution in [2.24, 2.45) is 0 Å². The number of rotatable bonds is 2. The van der Waals surface area contributed by atoms with Gasteiger partial charge in [0.2, 0.25) is 5.95 Å². The second-order valence-electron chi connectivity index (χ2n) is 8.10. The first-order valence-corrected chi connectivity index (χ1v) is 10.7. The number of aliphatic hydroxyl groups is 1. The molecule has 1 unspecified atom stereocenters. The third kappa shape index (κ3) is 4.47. The van der Waals surface area contributed by atoms with Gasteiger partial charge in [0.25, 0.3) is 0 Å². The molecule has 3 N–H and O–H groups in total. The van der Waals surface area contributed by atoms with Crippen molar-refractivity contribution in [3.8, 4) is 6.07 Å². The first-order chi connectivity index (χ1) is 15.0. The largest absolute Gasteiger partial charge is 0.471 e. The van der Waals surface area contributed by atoms with Crippen LogP contribution >= 0.6 is 11.6 Å². The Hall–Kier alpha value is -2.58. The monoisotopic (exact) mass is 472 g/mol.